The predicted octanol–water partition coefficient (Wildman–Crippen LogP) is 17.4. The van der Waals surface area contributed by atoms with E-state index in [4.69, 9.17) is 9.97 Å². The lowest BCUT2D eigenvalue weighted by Crippen LogP contribution is -2.14. The van der Waals surface area contributed by atoms with Crippen molar-refractivity contribution in [2.75, 3.05) is 0 Å². The predicted molar refractivity (Wildman–Crippen MR) is 285 cm³/mol. The Balaban J connectivity index is 0.873. The van der Waals surface area contributed by atoms with E-state index in [-0.39, 0.29) is 10.8 Å². The fraction of sp³-hybridized carbons (Fsp3) is 0.0909. The maximum absolute atomic E-state index is 4.93. The van der Waals surface area contributed by atoms with Crippen LogP contribution >= 0.6 is 0 Å². The van der Waals surface area contributed by atoms with E-state index >= 15 is 0 Å². The highest BCUT2D eigenvalue weighted by molar-refractivity contribution is 6.02. The number of rotatable bonds is 6. The van der Waals surface area contributed by atoms with E-state index in [1.165, 1.54) is 111 Å². The Morgan fingerprint density at radius 2 is 0.662 bits per heavy atom. The average Bonchev–Trinajstić information content (AvgIpc) is 3.76. The first-order chi connectivity index (χ1) is 33.2. The van der Waals surface area contributed by atoms with Gasteiger partial charge in [0, 0.05) is 22.0 Å². The molecule has 0 bridgehead atoms. The Morgan fingerprint density at radius 3 is 1.15 bits per heavy atom. The van der Waals surface area contributed by atoms with Crippen molar-refractivity contribution < 1.29 is 0 Å². The van der Waals surface area contributed by atoms with Crippen molar-refractivity contribution in [2.24, 2.45) is 0 Å². The van der Waals surface area contributed by atoms with Gasteiger partial charge in [-0.1, -0.05) is 185 Å². The third-order valence-electron chi connectivity index (χ3n) is 15.2. The summed E-state index contributed by atoms with van der Waals surface area (Å²) in [4.78, 5) is 9.86. The summed E-state index contributed by atoms with van der Waals surface area (Å²) in [5.74, 6) is 0. The molecule has 68 heavy (non-hydrogen) atoms. The van der Waals surface area contributed by atoms with Crippen molar-refractivity contribution in [3.63, 3.8) is 0 Å². The summed E-state index contributed by atoms with van der Waals surface area (Å²) in [5, 5.41) is 4.77. The average molecular weight is 869 g/mol. The molecule has 0 saturated carbocycles. The molecule has 2 nitrogen and oxygen atoms in total. The minimum atomic E-state index is -0.0606. The summed E-state index contributed by atoms with van der Waals surface area (Å²) in [6.07, 6.45) is 1.72. The second kappa shape index (κ2) is 15.2. The monoisotopic (exact) mass is 868 g/mol. The molecule has 0 aliphatic heterocycles. The Hall–Kier alpha value is -8.20. The van der Waals surface area contributed by atoms with Crippen molar-refractivity contribution >= 4 is 21.5 Å². The van der Waals surface area contributed by atoms with Crippen LogP contribution in [0.2, 0.25) is 0 Å². The quantitative estimate of drug-likeness (QED) is 0.166. The van der Waals surface area contributed by atoms with Gasteiger partial charge < -0.3 is 0 Å². The van der Waals surface area contributed by atoms with Crippen LogP contribution in [0.4, 0.5) is 0 Å². The van der Waals surface area contributed by atoms with Gasteiger partial charge in [-0.2, -0.15) is 0 Å². The van der Waals surface area contributed by atoms with Crippen molar-refractivity contribution in [3.05, 3.63) is 241 Å². The van der Waals surface area contributed by atoms with Gasteiger partial charge in [0.2, 0.25) is 0 Å². The molecular formula is C66H48N2. The van der Waals surface area contributed by atoms with E-state index in [9.17, 15) is 0 Å². The van der Waals surface area contributed by atoms with Gasteiger partial charge in [-0.05, 0) is 165 Å². The van der Waals surface area contributed by atoms with Gasteiger partial charge in [0.1, 0.15) is 6.33 Å². The Morgan fingerprint density at radius 1 is 0.265 bits per heavy atom. The van der Waals surface area contributed by atoms with Gasteiger partial charge in [0.05, 0.1) is 11.4 Å². The topological polar surface area (TPSA) is 25.8 Å². The van der Waals surface area contributed by atoms with Gasteiger partial charge in [0.25, 0.3) is 0 Å². The molecule has 0 N–H and O–H groups in total. The molecule has 0 fully saturated rings. The van der Waals surface area contributed by atoms with Crippen LogP contribution in [0.1, 0.15) is 49.9 Å². The summed E-state index contributed by atoms with van der Waals surface area (Å²) in [6, 6.07) is 78.5. The van der Waals surface area contributed by atoms with Crippen LogP contribution in [0, 0.1) is 0 Å². The zero-order valence-electron chi connectivity index (χ0n) is 38.7. The number of hydrogen-bond acceptors (Lipinski definition) is 2. The highest BCUT2D eigenvalue weighted by atomic mass is 14.8. The highest BCUT2D eigenvalue weighted by Gasteiger charge is 2.36. The molecule has 0 spiro atoms. The molecule has 0 saturated heterocycles. The fourth-order valence-corrected chi connectivity index (χ4v) is 11.6. The lowest BCUT2D eigenvalue weighted by Gasteiger charge is -2.22. The Kier molecular flexibility index (Phi) is 8.95. The van der Waals surface area contributed by atoms with Crippen molar-refractivity contribution in [1.82, 2.24) is 9.97 Å². The van der Waals surface area contributed by atoms with Gasteiger partial charge in [-0.15, -0.1) is 0 Å². The number of fused-ring (bicyclic) bond motifs is 8. The molecule has 0 radical (unpaired) electrons. The summed E-state index contributed by atoms with van der Waals surface area (Å²) in [5.41, 5.74) is 24.2. The lowest BCUT2D eigenvalue weighted by molar-refractivity contribution is 0.660. The van der Waals surface area contributed by atoms with Crippen LogP contribution in [-0.2, 0) is 10.8 Å². The molecule has 11 aromatic rings. The molecule has 1 aromatic heterocycles. The SMILES string of the molecule is CC1(C)c2ccccc2-c2ccc(-c3cccc(-c4cc(-c5cc(-c6cc(-c7cccc(-c8ccc9c(c8)C(C)(C)c8ccccc8-9)c7)c7ccccc7c6)ncn5)cc5ccccc45)c3)cc21. The lowest BCUT2D eigenvalue weighted by atomic mass is 9.81. The second-order valence-corrected chi connectivity index (χ2v) is 19.8. The molecule has 0 unspecified atom stereocenters. The number of hydrogen-bond donors (Lipinski definition) is 0. The van der Waals surface area contributed by atoms with Crippen molar-refractivity contribution in [3.8, 4) is 89.3 Å². The summed E-state index contributed by atoms with van der Waals surface area (Å²) < 4.78 is 0. The standard InChI is InChI=1S/C66H48N2/c1-65(2)59-25-11-9-23-53(59)55-29-27-43(37-61(55)65)41-17-13-19-47(31-41)57-35-49(33-45-15-5-7-21-51(45)57)63-39-64(68-40-67-63)50-34-46-16-6-8-22-52(46)58(36-50)48-20-14-18-42(32-48)44-28-30-56-54-24-10-12-26-60(54)66(3,4)62(56)38-44/h5-40H,1-4H3. The maximum atomic E-state index is 4.93. The first-order valence-electron chi connectivity index (χ1n) is 23.8. The molecule has 2 aliphatic rings. The van der Waals surface area contributed by atoms with Gasteiger partial charge >= 0.3 is 0 Å². The second-order valence-electron chi connectivity index (χ2n) is 19.8. The van der Waals surface area contributed by atoms with E-state index in [0.29, 0.717) is 0 Å². The third-order valence-corrected chi connectivity index (χ3v) is 15.2. The van der Waals surface area contributed by atoms with Gasteiger partial charge in [-0.25, -0.2) is 9.97 Å². The van der Waals surface area contributed by atoms with E-state index in [1.54, 1.807) is 6.33 Å². The van der Waals surface area contributed by atoms with Crippen LogP contribution in [0.15, 0.2) is 219 Å². The van der Waals surface area contributed by atoms with Crippen molar-refractivity contribution in [2.45, 2.75) is 38.5 Å². The van der Waals surface area contributed by atoms with Crippen LogP contribution in [0.5, 0.6) is 0 Å². The number of aromatic nitrogens is 2. The summed E-state index contributed by atoms with van der Waals surface area (Å²) in [6.45, 7) is 9.39. The fourth-order valence-electron chi connectivity index (χ4n) is 11.6. The van der Waals surface area contributed by atoms with E-state index in [0.717, 1.165) is 22.5 Å². The Labute approximate surface area is 398 Å². The molecule has 10 aromatic carbocycles. The van der Waals surface area contributed by atoms with E-state index in [1.807, 2.05) is 0 Å². The molecule has 0 amide bonds. The molecular weight excluding hydrogens is 821 g/mol. The van der Waals surface area contributed by atoms with Crippen LogP contribution in [0.25, 0.3) is 111 Å². The maximum Gasteiger partial charge on any atom is 0.116 e. The van der Waals surface area contributed by atoms with Crippen LogP contribution in [-0.4, -0.2) is 9.97 Å². The minimum Gasteiger partial charge on any atom is -0.236 e. The first-order valence-corrected chi connectivity index (χ1v) is 23.8. The first kappa shape index (κ1) is 40.1. The largest absolute Gasteiger partial charge is 0.236 e. The molecule has 1 heterocycles. The Bertz CT molecular complexity index is 3620. The number of benzene rings is 10. The molecule has 322 valence electrons. The van der Waals surface area contributed by atoms with Crippen LogP contribution in [0.3, 0.4) is 0 Å². The van der Waals surface area contributed by atoms with E-state index < -0.39 is 0 Å². The summed E-state index contributed by atoms with van der Waals surface area (Å²) in [7, 11) is 0. The highest BCUT2D eigenvalue weighted by Crippen LogP contribution is 2.51. The number of nitrogens with zero attached hydrogens (tertiary/aromatic N) is 2. The minimum absolute atomic E-state index is 0.0606. The van der Waals surface area contributed by atoms with E-state index in [2.05, 4.69) is 240 Å². The molecule has 13 rings (SSSR count). The molecule has 0 atom stereocenters. The zero-order valence-corrected chi connectivity index (χ0v) is 38.7. The normalized spacial score (nSPS) is 13.8. The van der Waals surface area contributed by atoms with Crippen molar-refractivity contribution in [1.29, 1.82) is 0 Å². The third kappa shape index (κ3) is 6.32. The summed E-state index contributed by atoms with van der Waals surface area (Å²) >= 11 is 0. The molecule has 2 aliphatic carbocycles. The molecule has 2 heteroatoms. The van der Waals surface area contributed by atoms with Gasteiger partial charge in [0.15, 0.2) is 0 Å². The zero-order chi connectivity index (χ0) is 45.7. The smallest absolute Gasteiger partial charge is 0.116 e. The van der Waals surface area contributed by atoms with Gasteiger partial charge in [-0.3, -0.25) is 0 Å². The van der Waals surface area contributed by atoms with Crippen LogP contribution < -0.4 is 0 Å².